The van der Waals surface area contributed by atoms with Crippen molar-refractivity contribution in [3.8, 4) is 11.1 Å². The molecule has 0 aliphatic carbocycles. The monoisotopic (exact) mass is 347 g/mol. The third-order valence-electron chi connectivity index (χ3n) is 4.48. The average Bonchev–Trinajstić information content (AvgIpc) is 3.02. The van der Waals surface area contributed by atoms with Gasteiger partial charge in [-0.3, -0.25) is 14.2 Å². The average molecular weight is 347 g/mol. The molecule has 0 aliphatic rings. The number of imidazole rings is 1. The summed E-state index contributed by atoms with van der Waals surface area (Å²) in [6.07, 6.45) is 2.82. The number of nitrogens with one attached hydrogen (secondary N) is 2. The van der Waals surface area contributed by atoms with E-state index in [0.29, 0.717) is 17.9 Å². The molecular formula is C20H21N5O. The molecule has 26 heavy (non-hydrogen) atoms. The van der Waals surface area contributed by atoms with Crippen LogP contribution in [0.4, 0.5) is 0 Å². The van der Waals surface area contributed by atoms with Crippen molar-refractivity contribution < 1.29 is 0 Å². The molecule has 4 rings (SSSR count). The minimum atomic E-state index is -0.137. The van der Waals surface area contributed by atoms with Crippen molar-refractivity contribution in [1.29, 1.82) is 0 Å². The first-order valence-corrected chi connectivity index (χ1v) is 8.76. The number of H-pyrrole nitrogens is 1. The van der Waals surface area contributed by atoms with Crippen molar-refractivity contribution in [3.05, 3.63) is 70.6 Å². The van der Waals surface area contributed by atoms with Crippen molar-refractivity contribution in [3.63, 3.8) is 0 Å². The number of aromatic amines is 1. The molecule has 0 radical (unpaired) electrons. The summed E-state index contributed by atoms with van der Waals surface area (Å²) in [4.78, 5) is 19.9. The van der Waals surface area contributed by atoms with E-state index < -0.39 is 0 Å². The van der Waals surface area contributed by atoms with E-state index in [4.69, 9.17) is 5.73 Å². The summed E-state index contributed by atoms with van der Waals surface area (Å²) in [5.41, 5.74) is 9.88. The Hall–Kier alpha value is -2.96. The highest BCUT2D eigenvalue weighted by atomic mass is 16.1. The Balaban J connectivity index is 1.66. The molecule has 6 heteroatoms. The molecule has 0 unspecified atom stereocenters. The molecule has 2 heterocycles. The first-order valence-electron chi connectivity index (χ1n) is 8.76. The van der Waals surface area contributed by atoms with Gasteiger partial charge in [0.25, 0.3) is 5.56 Å². The molecular weight excluding hydrogens is 326 g/mol. The van der Waals surface area contributed by atoms with Crippen LogP contribution >= 0.6 is 0 Å². The van der Waals surface area contributed by atoms with Gasteiger partial charge in [0.05, 0.1) is 16.6 Å². The molecule has 132 valence electrons. The molecule has 0 atom stereocenters. The van der Waals surface area contributed by atoms with Crippen LogP contribution in [0.5, 0.6) is 0 Å². The van der Waals surface area contributed by atoms with E-state index in [9.17, 15) is 4.79 Å². The van der Waals surface area contributed by atoms with Gasteiger partial charge in [0, 0.05) is 12.7 Å². The lowest BCUT2D eigenvalue weighted by Gasteiger charge is -2.06. The van der Waals surface area contributed by atoms with Crippen LogP contribution in [0.25, 0.3) is 27.9 Å². The van der Waals surface area contributed by atoms with Crippen molar-refractivity contribution >= 4 is 16.8 Å². The van der Waals surface area contributed by atoms with Crippen LogP contribution in [-0.2, 0) is 6.54 Å². The van der Waals surface area contributed by atoms with E-state index in [2.05, 4.69) is 15.3 Å². The van der Waals surface area contributed by atoms with Gasteiger partial charge in [0.1, 0.15) is 0 Å². The summed E-state index contributed by atoms with van der Waals surface area (Å²) in [6.45, 7) is 2.39. The molecule has 0 saturated heterocycles. The zero-order chi connectivity index (χ0) is 17.9. The Labute approximate surface area is 150 Å². The van der Waals surface area contributed by atoms with Crippen LogP contribution in [0.2, 0.25) is 0 Å². The highest BCUT2D eigenvalue weighted by Gasteiger charge is 2.09. The summed E-state index contributed by atoms with van der Waals surface area (Å²) in [6, 6.07) is 15.9. The maximum atomic E-state index is 12.5. The van der Waals surface area contributed by atoms with Gasteiger partial charge in [0.15, 0.2) is 0 Å². The second-order valence-corrected chi connectivity index (χ2v) is 6.31. The zero-order valence-corrected chi connectivity index (χ0v) is 14.4. The summed E-state index contributed by atoms with van der Waals surface area (Å²) < 4.78 is 1.92. The van der Waals surface area contributed by atoms with Gasteiger partial charge < -0.3 is 11.1 Å². The van der Waals surface area contributed by atoms with Crippen LogP contribution < -0.4 is 16.6 Å². The van der Waals surface area contributed by atoms with E-state index in [1.807, 2.05) is 59.1 Å². The lowest BCUT2D eigenvalue weighted by molar-refractivity contribution is 0.655. The standard InChI is InChI=1S/C20H21N5O/c21-10-3-11-22-12-14-6-8-15(9-7-14)16-13-25-18-5-2-1-4-17(18)23-20(25)24-19(16)26/h1-2,4-9,13,22H,3,10-12,21H2,(H,23,24,26). The fraction of sp³-hybridized carbons (Fsp3) is 0.200. The molecule has 0 amide bonds. The molecule has 2 aromatic heterocycles. The normalized spacial score (nSPS) is 11.4. The number of benzene rings is 2. The van der Waals surface area contributed by atoms with E-state index >= 15 is 0 Å². The SMILES string of the molecule is NCCCNCc1ccc(-c2cn3c(nc4ccccc43)[nH]c2=O)cc1. The van der Waals surface area contributed by atoms with Crippen LogP contribution in [0, 0.1) is 0 Å². The minimum Gasteiger partial charge on any atom is -0.330 e. The number of nitrogens with zero attached hydrogens (tertiary/aromatic N) is 2. The molecule has 4 N–H and O–H groups in total. The second kappa shape index (κ2) is 7.11. The van der Waals surface area contributed by atoms with E-state index in [0.717, 1.165) is 36.1 Å². The maximum Gasteiger partial charge on any atom is 0.260 e. The number of para-hydroxylation sites is 2. The van der Waals surface area contributed by atoms with Gasteiger partial charge in [0.2, 0.25) is 5.78 Å². The van der Waals surface area contributed by atoms with Gasteiger partial charge >= 0.3 is 0 Å². The van der Waals surface area contributed by atoms with Crippen molar-refractivity contribution in [2.75, 3.05) is 13.1 Å². The topological polar surface area (TPSA) is 88.2 Å². The summed E-state index contributed by atoms with van der Waals surface area (Å²) in [7, 11) is 0. The highest BCUT2D eigenvalue weighted by molar-refractivity contribution is 5.80. The van der Waals surface area contributed by atoms with E-state index in [1.54, 1.807) is 0 Å². The van der Waals surface area contributed by atoms with Gasteiger partial charge in [-0.05, 0) is 42.8 Å². The van der Waals surface area contributed by atoms with Gasteiger partial charge in [-0.25, -0.2) is 4.98 Å². The van der Waals surface area contributed by atoms with Crippen LogP contribution in [0.15, 0.2) is 59.5 Å². The van der Waals surface area contributed by atoms with Crippen molar-refractivity contribution in [2.45, 2.75) is 13.0 Å². The van der Waals surface area contributed by atoms with Crippen LogP contribution in [0.1, 0.15) is 12.0 Å². The molecule has 0 saturated carbocycles. The first kappa shape index (κ1) is 16.5. The van der Waals surface area contributed by atoms with Gasteiger partial charge in [-0.1, -0.05) is 36.4 Å². The first-order chi connectivity index (χ1) is 12.8. The summed E-state index contributed by atoms with van der Waals surface area (Å²) in [5.74, 6) is 0.556. The predicted molar refractivity (Wildman–Crippen MR) is 104 cm³/mol. The second-order valence-electron chi connectivity index (χ2n) is 6.31. The number of nitrogens with two attached hydrogens (primary N) is 1. The zero-order valence-electron chi connectivity index (χ0n) is 14.4. The van der Waals surface area contributed by atoms with Crippen molar-refractivity contribution in [1.82, 2.24) is 19.7 Å². The van der Waals surface area contributed by atoms with Gasteiger partial charge in [-0.2, -0.15) is 0 Å². The number of hydrogen-bond donors (Lipinski definition) is 3. The summed E-state index contributed by atoms with van der Waals surface area (Å²) >= 11 is 0. The fourth-order valence-electron chi connectivity index (χ4n) is 3.09. The van der Waals surface area contributed by atoms with Crippen LogP contribution in [-0.4, -0.2) is 27.5 Å². The molecule has 0 fully saturated rings. The lowest BCUT2D eigenvalue weighted by Crippen LogP contribution is -2.17. The Morgan fingerprint density at radius 1 is 1.12 bits per heavy atom. The van der Waals surface area contributed by atoms with Crippen molar-refractivity contribution in [2.24, 2.45) is 5.73 Å². The molecule has 0 spiro atoms. The molecule has 6 nitrogen and oxygen atoms in total. The Kier molecular flexibility index (Phi) is 4.51. The number of aromatic nitrogens is 3. The summed E-state index contributed by atoms with van der Waals surface area (Å²) in [5, 5.41) is 3.35. The van der Waals surface area contributed by atoms with Crippen LogP contribution in [0.3, 0.4) is 0 Å². The minimum absolute atomic E-state index is 0.137. The Bertz CT molecular complexity index is 1090. The fourth-order valence-corrected chi connectivity index (χ4v) is 3.09. The largest absolute Gasteiger partial charge is 0.330 e. The van der Waals surface area contributed by atoms with E-state index in [1.165, 1.54) is 5.56 Å². The van der Waals surface area contributed by atoms with E-state index in [-0.39, 0.29) is 5.56 Å². The Morgan fingerprint density at radius 3 is 2.73 bits per heavy atom. The van der Waals surface area contributed by atoms with Gasteiger partial charge in [-0.15, -0.1) is 0 Å². The smallest absolute Gasteiger partial charge is 0.260 e. The lowest BCUT2D eigenvalue weighted by atomic mass is 10.1. The number of fused-ring (bicyclic) bond motifs is 3. The maximum absolute atomic E-state index is 12.5. The molecule has 0 bridgehead atoms. The quantitative estimate of drug-likeness (QED) is 0.467. The third kappa shape index (κ3) is 3.12. The molecule has 2 aromatic carbocycles. The number of rotatable bonds is 6. The third-order valence-corrected chi connectivity index (χ3v) is 4.48. The predicted octanol–water partition coefficient (Wildman–Crippen LogP) is 2.28. The molecule has 4 aromatic rings. The molecule has 0 aliphatic heterocycles. The highest BCUT2D eigenvalue weighted by Crippen LogP contribution is 2.19. The number of hydrogen-bond acceptors (Lipinski definition) is 4. The Morgan fingerprint density at radius 2 is 1.92 bits per heavy atom.